The lowest BCUT2D eigenvalue weighted by Crippen LogP contribution is -2.19. The van der Waals surface area contributed by atoms with Gasteiger partial charge in [0.2, 0.25) is 0 Å². The molecule has 7 nitrogen and oxygen atoms in total. The van der Waals surface area contributed by atoms with E-state index < -0.39 is 0 Å². The molecule has 0 aliphatic rings. The van der Waals surface area contributed by atoms with Crippen LogP contribution in [0.15, 0.2) is 56.2 Å². The molecule has 31 heavy (non-hydrogen) atoms. The Morgan fingerprint density at radius 1 is 1.06 bits per heavy atom. The van der Waals surface area contributed by atoms with Crippen molar-refractivity contribution in [3.63, 3.8) is 0 Å². The summed E-state index contributed by atoms with van der Waals surface area (Å²) in [6.07, 6.45) is 1.55. The first-order valence-corrected chi connectivity index (χ1v) is 12.0. The van der Waals surface area contributed by atoms with Crippen LogP contribution in [0.4, 0.5) is 0 Å². The molecule has 162 valence electrons. The summed E-state index contributed by atoms with van der Waals surface area (Å²) in [5, 5.41) is 12.3. The minimum Gasteiger partial charge on any atom is -0.493 e. The Morgan fingerprint density at radius 3 is 2.48 bits per heavy atom. The molecule has 0 spiro atoms. The standard InChI is InChI=1S/C21H22N4O3S3/c1-14-4-6-15(7-5-14)12-29-20-24-25-21(31-20)30-13-19(26)23-22-11-16-8-9-17(27-2)18(10-16)28-3/h4-11H,12-13H2,1-3H3,(H,23,26)/b22-11+. The number of thioether (sulfide) groups is 2. The number of hydrazone groups is 1. The highest BCUT2D eigenvalue weighted by Gasteiger charge is 2.09. The molecule has 0 atom stereocenters. The number of rotatable bonds is 10. The second-order valence-corrected chi connectivity index (χ2v) is 9.73. The van der Waals surface area contributed by atoms with Gasteiger partial charge in [-0.25, -0.2) is 5.43 Å². The maximum Gasteiger partial charge on any atom is 0.250 e. The molecule has 3 aromatic rings. The smallest absolute Gasteiger partial charge is 0.250 e. The maximum atomic E-state index is 12.0. The SMILES string of the molecule is COc1ccc(/C=N/NC(=O)CSc2nnc(SCc3ccc(C)cc3)s2)cc1OC. The van der Waals surface area contributed by atoms with E-state index in [0.29, 0.717) is 11.5 Å². The number of hydrogen-bond acceptors (Lipinski definition) is 9. The maximum absolute atomic E-state index is 12.0. The average molecular weight is 475 g/mol. The quantitative estimate of drug-likeness (QED) is 0.265. The number of ether oxygens (including phenoxy) is 2. The Morgan fingerprint density at radius 2 is 1.77 bits per heavy atom. The van der Waals surface area contributed by atoms with Crippen molar-refractivity contribution >= 4 is 47.0 Å². The molecule has 0 aliphatic carbocycles. The van der Waals surface area contributed by atoms with Crippen LogP contribution in [0.2, 0.25) is 0 Å². The predicted molar refractivity (Wildman–Crippen MR) is 127 cm³/mol. The van der Waals surface area contributed by atoms with Gasteiger partial charge in [-0.15, -0.1) is 10.2 Å². The van der Waals surface area contributed by atoms with Gasteiger partial charge in [-0.2, -0.15) is 5.10 Å². The van der Waals surface area contributed by atoms with Crippen LogP contribution in [-0.4, -0.2) is 42.3 Å². The summed E-state index contributed by atoms with van der Waals surface area (Å²) in [5.74, 6) is 2.06. The third-order valence-electron chi connectivity index (χ3n) is 4.01. The van der Waals surface area contributed by atoms with E-state index >= 15 is 0 Å². The molecule has 0 unspecified atom stereocenters. The van der Waals surface area contributed by atoms with Crippen molar-refractivity contribution in [1.29, 1.82) is 0 Å². The van der Waals surface area contributed by atoms with Crippen LogP contribution in [0, 0.1) is 6.92 Å². The van der Waals surface area contributed by atoms with Crippen molar-refractivity contribution in [2.45, 2.75) is 21.4 Å². The first-order valence-electron chi connectivity index (χ1n) is 9.26. The van der Waals surface area contributed by atoms with E-state index in [-0.39, 0.29) is 11.7 Å². The summed E-state index contributed by atoms with van der Waals surface area (Å²) in [4.78, 5) is 12.0. The summed E-state index contributed by atoms with van der Waals surface area (Å²) in [5.41, 5.74) is 5.78. The van der Waals surface area contributed by atoms with E-state index in [2.05, 4.69) is 51.9 Å². The van der Waals surface area contributed by atoms with E-state index in [1.54, 1.807) is 44.3 Å². The number of nitrogens with one attached hydrogen (secondary N) is 1. The van der Waals surface area contributed by atoms with Gasteiger partial charge >= 0.3 is 0 Å². The van der Waals surface area contributed by atoms with Crippen molar-refractivity contribution in [2.24, 2.45) is 5.10 Å². The van der Waals surface area contributed by atoms with Crippen LogP contribution >= 0.6 is 34.9 Å². The first kappa shape index (κ1) is 23.1. The lowest BCUT2D eigenvalue weighted by molar-refractivity contribution is -0.118. The number of hydrogen-bond donors (Lipinski definition) is 1. The van der Waals surface area contributed by atoms with Crippen molar-refractivity contribution in [2.75, 3.05) is 20.0 Å². The number of nitrogens with zero attached hydrogens (tertiary/aromatic N) is 3. The fourth-order valence-electron chi connectivity index (χ4n) is 2.41. The fraction of sp³-hybridized carbons (Fsp3) is 0.238. The normalized spacial score (nSPS) is 10.9. The molecular weight excluding hydrogens is 452 g/mol. The molecule has 1 aromatic heterocycles. The molecular formula is C21H22N4O3S3. The zero-order chi connectivity index (χ0) is 22.1. The molecule has 0 radical (unpaired) electrons. The van der Waals surface area contributed by atoms with Gasteiger partial charge in [0.15, 0.2) is 20.2 Å². The van der Waals surface area contributed by atoms with Crippen LogP contribution in [0.3, 0.4) is 0 Å². The summed E-state index contributed by atoms with van der Waals surface area (Å²) in [7, 11) is 3.14. The van der Waals surface area contributed by atoms with E-state index in [4.69, 9.17) is 9.47 Å². The number of carbonyl (C=O) groups is 1. The van der Waals surface area contributed by atoms with Gasteiger partial charge in [0.1, 0.15) is 0 Å². The van der Waals surface area contributed by atoms with Crippen molar-refractivity contribution < 1.29 is 14.3 Å². The molecule has 2 aromatic carbocycles. The van der Waals surface area contributed by atoms with E-state index in [1.165, 1.54) is 34.2 Å². The number of amides is 1. The summed E-state index contributed by atoms with van der Waals surface area (Å²) in [6.45, 7) is 2.07. The Balaban J connectivity index is 1.42. The highest BCUT2D eigenvalue weighted by molar-refractivity contribution is 8.03. The van der Waals surface area contributed by atoms with Gasteiger partial charge in [0, 0.05) is 5.75 Å². The van der Waals surface area contributed by atoms with Gasteiger partial charge in [-0.3, -0.25) is 4.79 Å². The van der Waals surface area contributed by atoms with Crippen LogP contribution in [0.1, 0.15) is 16.7 Å². The third-order valence-corrected chi connectivity index (χ3v) is 7.27. The summed E-state index contributed by atoms with van der Waals surface area (Å²) < 4.78 is 12.1. The van der Waals surface area contributed by atoms with Gasteiger partial charge in [0.25, 0.3) is 5.91 Å². The lowest BCUT2D eigenvalue weighted by atomic mass is 10.2. The second kappa shape index (κ2) is 11.7. The average Bonchev–Trinajstić information content (AvgIpc) is 3.25. The molecule has 3 rings (SSSR count). The second-order valence-electron chi connectivity index (χ2n) is 6.30. The van der Waals surface area contributed by atoms with E-state index in [9.17, 15) is 4.79 Å². The molecule has 1 heterocycles. The van der Waals surface area contributed by atoms with Gasteiger partial charge in [0.05, 0.1) is 26.2 Å². The first-order chi connectivity index (χ1) is 15.1. The van der Waals surface area contributed by atoms with Crippen molar-refractivity contribution in [3.05, 3.63) is 59.2 Å². The monoisotopic (exact) mass is 474 g/mol. The Kier molecular flexibility index (Phi) is 8.74. The topological polar surface area (TPSA) is 85.7 Å². The molecule has 0 bridgehead atoms. The number of benzene rings is 2. The number of methoxy groups -OCH3 is 2. The van der Waals surface area contributed by atoms with Gasteiger partial charge in [-0.05, 0) is 36.2 Å². The Bertz CT molecular complexity index is 1040. The zero-order valence-corrected chi connectivity index (χ0v) is 19.8. The molecule has 1 N–H and O–H groups in total. The lowest BCUT2D eigenvalue weighted by Gasteiger charge is -2.07. The molecule has 1 amide bonds. The highest BCUT2D eigenvalue weighted by Crippen LogP contribution is 2.30. The minimum atomic E-state index is -0.217. The van der Waals surface area contributed by atoms with E-state index in [1.807, 2.05) is 6.07 Å². The Hall–Kier alpha value is -2.56. The minimum absolute atomic E-state index is 0.209. The summed E-state index contributed by atoms with van der Waals surface area (Å²) >= 11 is 4.46. The summed E-state index contributed by atoms with van der Waals surface area (Å²) in [6, 6.07) is 13.8. The number of aryl methyl sites for hydroxylation is 1. The zero-order valence-electron chi connectivity index (χ0n) is 17.3. The Labute approximate surface area is 193 Å². The fourth-order valence-corrected chi connectivity index (χ4v) is 5.18. The van der Waals surface area contributed by atoms with Crippen LogP contribution in [0.25, 0.3) is 0 Å². The van der Waals surface area contributed by atoms with E-state index in [0.717, 1.165) is 20.0 Å². The van der Waals surface area contributed by atoms with Gasteiger partial charge in [-0.1, -0.05) is 64.7 Å². The molecule has 0 saturated heterocycles. The molecule has 0 fully saturated rings. The third kappa shape index (κ3) is 7.27. The number of carbonyl (C=O) groups excluding carboxylic acids is 1. The molecule has 10 heteroatoms. The molecule has 0 aliphatic heterocycles. The van der Waals surface area contributed by atoms with Crippen LogP contribution < -0.4 is 14.9 Å². The van der Waals surface area contributed by atoms with Gasteiger partial charge < -0.3 is 9.47 Å². The van der Waals surface area contributed by atoms with Crippen molar-refractivity contribution in [1.82, 2.24) is 15.6 Å². The largest absolute Gasteiger partial charge is 0.493 e. The van der Waals surface area contributed by atoms with Crippen LogP contribution in [-0.2, 0) is 10.5 Å². The van der Waals surface area contributed by atoms with Crippen LogP contribution in [0.5, 0.6) is 11.5 Å². The van der Waals surface area contributed by atoms with Crippen molar-refractivity contribution in [3.8, 4) is 11.5 Å². The predicted octanol–water partition coefficient (Wildman–Crippen LogP) is 4.40. The highest BCUT2D eigenvalue weighted by atomic mass is 32.2. The molecule has 0 saturated carbocycles. The number of aromatic nitrogens is 2.